The van der Waals surface area contributed by atoms with Crippen LogP contribution in [-0.2, 0) is 6.42 Å². The molecule has 0 heterocycles. The number of hydrogen-bond acceptors (Lipinski definition) is 6. The lowest BCUT2D eigenvalue weighted by atomic mass is 10.00. The van der Waals surface area contributed by atoms with Crippen molar-refractivity contribution in [2.45, 2.75) is 45.1 Å². The molecule has 0 bridgehead atoms. The smallest absolute Gasteiger partial charge is 0.272 e. The van der Waals surface area contributed by atoms with E-state index >= 15 is 0 Å². The number of anilines is 4. The first-order chi connectivity index (χ1) is 17.7. The highest BCUT2D eigenvalue weighted by Crippen LogP contribution is 2.38. The summed E-state index contributed by atoms with van der Waals surface area (Å²) in [6.45, 7) is 6.36. The molecule has 0 saturated carbocycles. The van der Waals surface area contributed by atoms with E-state index in [9.17, 15) is 9.59 Å². The monoisotopic (exact) mass is 496 g/mol. The van der Waals surface area contributed by atoms with Crippen molar-refractivity contribution in [1.82, 2.24) is 0 Å². The topological polar surface area (TPSA) is 67.9 Å². The fourth-order valence-corrected chi connectivity index (χ4v) is 4.96. The second-order valence-electron chi connectivity index (χ2n) is 10.5. The maximum absolute atomic E-state index is 12.3. The lowest BCUT2D eigenvalue weighted by molar-refractivity contribution is 0.128. The second-order valence-corrected chi connectivity index (χ2v) is 10.5. The van der Waals surface area contributed by atoms with Crippen molar-refractivity contribution in [1.29, 1.82) is 0 Å². The minimum Gasteiger partial charge on any atom is -0.497 e. The zero-order valence-electron chi connectivity index (χ0n) is 21.7. The molecule has 6 heteroatoms. The number of nitrogens with zero attached hydrogens (tertiary/aromatic N) is 1. The van der Waals surface area contributed by atoms with Crippen molar-refractivity contribution in [3.05, 3.63) is 104 Å². The minimum atomic E-state index is -0.590. The number of rotatable bonds is 8. The Bertz CT molecular complexity index is 1480. The zero-order chi connectivity index (χ0) is 26.2. The molecule has 0 saturated heterocycles. The van der Waals surface area contributed by atoms with Crippen molar-refractivity contribution in [3.8, 4) is 11.5 Å². The van der Waals surface area contributed by atoms with Gasteiger partial charge in [0.05, 0.1) is 7.11 Å². The van der Waals surface area contributed by atoms with E-state index < -0.39 is 16.5 Å². The van der Waals surface area contributed by atoms with E-state index in [0.717, 1.165) is 36.5 Å². The third-order valence-corrected chi connectivity index (χ3v) is 6.75. The average molecular weight is 497 g/mol. The molecule has 1 aliphatic rings. The lowest BCUT2D eigenvalue weighted by Crippen LogP contribution is -2.39. The Morgan fingerprint density at radius 1 is 0.919 bits per heavy atom. The molecular formula is C31H32N2O4. The molecule has 0 spiro atoms. The van der Waals surface area contributed by atoms with Gasteiger partial charge in [-0.2, -0.15) is 0 Å². The van der Waals surface area contributed by atoms with Crippen LogP contribution in [0.4, 0.5) is 22.7 Å². The third-order valence-electron chi connectivity index (χ3n) is 6.75. The number of methoxy groups -OCH3 is 1. The van der Waals surface area contributed by atoms with Crippen LogP contribution in [-0.4, -0.2) is 19.3 Å². The molecule has 0 radical (unpaired) electrons. The van der Waals surface area contributed by atoms with Gasteiger partial charge in [-0.25, -0.2) is 0 Å². The van der Waals surface area contributed by atoms with E-state index in [-0.39, 0.29) is 11.4 Å². The molecule has 37 heavy (non-hydrogen) atoms. The Labute approximate surface area is 217 Å². The van der Waals surface area contributed by atoms with Crippen molar-refractivity contribution in [3.63, 3.8) is 0 Å². The summed E-state index contributed by atoms with van der Waals surface area (Å²) in [7, 11) is 1.66. The number of ether oxygens (including phenoxy) is 2. The summed E-state index contributed by atoms with van der Waals surface area (Å²) in [5, 5.41) is 3.14. The first-order valence-electron chi connectivity index (χ1n) is 12.6. The van der Waals surface area contributed by atoms with Crippen LogP contribution in [0.1, 0.15) is 44.2 Å². The van der Waals surface area contributed by atoms with Gasteiger partial charge in [-0.1, -0.05) is 30.3 Å². The van der Waals surface area contributed by atoms with E-state index in [1.807, 2.05) is 51.1 Å². The fourth-order valence-electron chi connectivity index (χ4n) is 4.96. The average Bonchev–Trinajstić information content (AvgIpc) is 3.31. The lowest BCUT2D eigenvalue weighted by Gasteiger charge is -2.29. The SMILES string of the molecule is COc1ccc(N(CC2CCc3ccccc32)c2cccc(Nc3c(OC(C)(C)C)c(=O)c3=O)c2)cc1. The molecule has 1 aliphatic carbocycles. The molecule has 190 valence electrons. The Morgan fingerprint density at radius 3 is 2.41 bits per heavy atom. The molecule has 4 aromatic rings. The summed E-state index contributed by atoms with van der Waals surface area (Å²) in [5.74, 6) is 1.30. The zero-order valence-corrected chi connectivity index (χ0v) is 21.7. The van der Waals surface area contributed by atoms with Gasteiger partial charge in [-0.3, -0.25) is 9.59 Å². The molecule has 4 aromatic carbocycles. The van der Waals surface area contributed by atoms with Crippen LogP contribution in [0.15, 0.2) is 82.4 Å². The summed E-state index contributed by atoms with van der Waals surface area (Å²) in [5.41, 5.74) is 4.05. The van der Waals surface area contributed by atoms with Gasteiger partial charge in [-0.15, -0.1) is 0 Å². The summed E-state index contributed by atoms with van der Waals surface area (Å²) in [6.07, 6.45) is 2.18. The predicted octanol–water partition coefficient (Wildman–Crippen LogP) is 6.08. The van der Waals surface area contributed by atoms with Gasteiger partial charge < -0.3 is 19.7 Å². The molecule has 5 rings (SSSR count). The summed E-state index contributed by atoms with van der Waals surface area (Å²) < 4.78 is 11.1. The van der Waals surface area contributed by atoms with Crippen LogP contribution in [0.5, 0.6) is 11.5 Å². The molecule has 1 N–H and O–H groups in total. The Hall–Kier alpha value is -4.06. The highest BCUT2D eigenvalue weighted by Gasteiger charge is 2.28. The first-order valence-corrected chi connectivity index (χ1v) is 12.6. The quantitative estimate of drug-likeness (QED) is 0.298. The maximum Gasteiger partial charge on any atom is 0.272 e. The maximum atomic E-state index is 12.3. The van der Waals surface area contributed by atoms with Gasteiger partial charge in [-0.05, 0) is 87.2 Å². The number of nitrogens with one attached hydrogen (secondary N) is 1. The van der Waals surface area contributed by atoms with Gasteiger partial charge in [0.15, 0.2) is 5.75 Å². The summed E-state index contributed by atoms with van der Waals surface area (Å²) in [6, 6.07) is 24.6. The van der Waals surface area contributed by atoms with E-state index in [1.165, 1.54) is 11.1 Å². The molecule has 0 aliphatic heterocycles. The standard InChI is InChI=1S/C31H32N2O4/c1-31(2,3)37-30-27(28(34)29(30)35)32-22-9-7-10-24(18-22)33(23-14-16-25(36-4)17-15-23)19-21-13-12-20-8-5-6-11-26(20)21/h5-11,14-18,21,32H,12-13,19H2,1-4H3. The minimum absolute atomic E-state index is 0.0949. The largest absolute Gasteiger partial charge is 0.497 e. The normalized spacial score (nSPS) is 14.9. The number of hydrogen-bond donors (Lipinski definition) is 1. The van der Waals surface area contributed by atoms with E-state index in [1.54, 1.807) is 7.11 Å². The number of aryl methyl sites for hydroxylation is 1. The van der Waals surface area contributed by atoms with Crippen LogP contribution in [0.3, 0.4) is 0 Å². The summed E-state index contributed by atoms with van der Waals surface area (Å²) >= 11 is 0. The first kappa shape index (κ1) is 24.6. The Balaban J connectivity index is 1.47. The molecule has 0 aromatic heterocycles. The van der Waals surface area contributed by atoms with E-state index in [0.29, 0.717) is 11.6 Å². The van der Waals surface area contributed by atoms with Gasteiger partial charge in [0, 0.05) is 29.5 Å². The highest BCUT2D eigenvalue weighted by molar-refractivity contribution is 5.74. The van der Waals surface area contributed by atoms with Gasteiger partial charge >= 0.3 is 0 Å². The third kappa shape index (κ3) is 5.10. The van der Waals surface area contributed by atoms with Crippen LogP contribution < -0.4 is 30.5 Å². The second kappa shape index (κ2) is 9.77. The highest BCUT2D eigenvalue weighted by atomic mass is 16.5. The van der Waals surface area contributed by atoms with Crippen LogP contribution in [0, 0.1) is 0 Å². The molecule has 1 atom stereocenters. The van der Waals surface area contributed by atoms with Crippen LogP contribution >= 0.6 is 0 Å². The van der Waals surface area contributed by atoms with Crippen LogP contribution in [0.25, 0.3) is 0 Å². The summed E-state index contributed by atoms with van der Waals surface area (Å²) in [4.78, 5) is 26.8. The molecular weight excluding hydrogens is 464 g/mol. The van der Waals surface area contributed by atoms with Crippen LogP contribution in [0.2, 0.25) is 0 Å². The predicted molar refractivity (Wildman–Crippen MR) is 149 cm³/mol. The van der Waals surface area contributed by atoms with Crippen molar-refractivity contribution >= 4 is 22.7 Å². The molecule has 0 amide bonds. The number of fused-ring (bicyclic) bond motifs is 1. The Morgan fingerprint density at radius 2 is 1.68 bits per heavy atom. The van der Waals surface area contributed by atoms with E-state index in [4.69, 9.17) is 9.47 Å². The molecule has 0 fully saturated rings. The van der Waals surface area contributed by atoms with E-state index in [2.05, 4.69) is 52.7 Å². The molecule has 1 unspecified atom stereocenters. The Kier molecular flexibility index (Phi) is 6.50. The van der Waals surface area contributed by atoms with Crippen molar-refractivity contribution < 1.29 is 9.47 Å². The van der Waals surface area contributed by atoms with Gasteiger partial charge in [0.2, 0.25) is 0 Å². The van der Waals surface area contributed by atoms with Gasteiger partial charge in [0.25, 0.3) is 10.9 Å². The van der Waals surface area contributed by atoms with Crippen molar-refractivity contribution in [2.75, 3.05) is 23.9 Å². The fraction of sp³-hybridized carbons (Fsp3) is 0.290. The van der Waals surface area contributed by atoms with Gasteiger partial charge in [0.1, 0.15) is 17.0 Å². The van der Waals surface area contributed by atoms with Crippen molar-refractivity contribution in [2.24, 2.45) is 0 Å². The number of benzene rings is 3. The molecule has 6 nitrogen and oxygen atoms in total.